The fourth-order valence-corrected chi connectivity index (χ4v) is 4.84. The Kier molecular flexibility index (Phi) is 7.32. The van der Waals surface area contributed by atoms with E-state index in [1.807, 2.05) is 4.90 Å². The van der Waals surface area contributed by atoms with Gasteiger partial charge in [0.05, 0.1) is 25.2 Å². The molecule has 0 aliphatic carbocycles. The highest BCUT2D eigenvalue weighted by Gasteiger charge is 2.32. The summed E-state index contributed by atoms with van der Waals surface area (Å²) in [5.41, 5.74) is 0.512. The van der Waals surface area contributed by atoms with Crippen LogP contribution in [0.1, 0.15) is 6.92 Å². The van der Waals surface area contributed by atoms with Crippen molar-refractivity contribution in [3.8, 4) is 11.5 Å². The number of sulfonamides is 1. The molecule has 2 aromatic rings. The largest absolute Gasteiger partial charge is 0.497 e. The van der Waals surface area contributed by atoms with E-state index < -0.39 is 27.7 Å². The van der Waals surface area contributed by atoms with Gasteiger partial charge in [-0.25, -0.2) is 17.2 Å². The minimum absolute atomic E-state index is 0.117. The summed E-state index contributed by atoms with van der Waals surface area (Å²) < 4.78 is 63.7. The van der Waals surface area contributed by atoms with Gasteiger partial charge in [0.1, 0.15) is 11.5 Å². The average molecular weight is 470 g/mol. The lowest BCUT2D eigenvalue weighted by atomic mass is 10.2. The number of carbonyl (C=O) groups is 1. The van der Waals surface area contributed by atoms with E-state index in [4.69, 9.17) is 9.47 Å². The van der Waals surface area contributed by atoms with Crippen LogP contribution < -0.4 is 14.8 Å². The summed E-state index contributed by atoms with van der Waals surface area (Å²) in [5, 5.41) is 2.82. The van der Waals surface area contributed by atoms with Crippen molar-refractivity contribution in [2.24, 2.45) is 0 Å². The maximum Gasteiger partial charge on any atom is 0.243 e. The van der Waals surface area contributed by atoms with Gasteiger partial charge in [0, 0.05) is 50.1 Å². The molecule has 174 valence electrons. The van der Waals surface area contributed by atoms with Crippen LogP contribution in [-0.4, -0.2) is 70.0 Å². The van der Waals surface area contributed by atoms with Crippen LogP contribution in [0.3, 0.4) is 0 Å². The molecule has 0 bridgehead atoms. The number of hydrogen-bond acceptors (Lipinski definition) is 6. The highest BCUT2D eigenvalue weighted by Crippen LogP contribution is 2.26. The van der Waals surface area contributed by atoms with E-state index in [2.05, 4.69) is 5.32 Å². The van der Waals surface area contributed by atoms with Crippen LogP contribution in [0.25, 0.3) is 0 Å². The van der Waals surface area contributed by atoms with Gasteiger partial charge in [-0.05, 0) is 25.1 Å². The third kappa shape index (κ3) is 5.17. The summed E-state index contributed by atoms with van der Waals surface area (Å²) >= 11 is 0. The Balaban J connectivity index is 1.63. The second kappa shape index (κ2) is 9.80. The summed E-state index contributed by atoms with van der Waals surface area (Å²) in [6, 6.07) is 7.00. The fourth-order valence-electron chi connectivity index (χ4n) is 3.41. The summed E-state index contributed by atoms with van der Waals surface area (Å²) in [6.07, 6.45) is 0. The predicted molar refractivity (Wildman–Crippen MR) is 114 cm³/mol. The zero-order valence-electron chi connectivity index (χ0n) is 18.0. The molecular formula is C21H25F2N3O5S. The maximum atomic E-state index is 13.5. The number of piperazine rings is 1. The smallest absolute Gasteiger partial charge is 0.243 e. The zero-order valence-corrected chi connectivity index (χ0v) is 18.8. The lowest BCUT2D eigenvalue weighted by Crippen LogP contribution is -2.53. The number of nitrogens with zero attached hydrogens (tertiary/aromatic N) is 2. The Morgan fingerprint density at radius 2 is 1.56 bits per heavy atom. The van der Waals surface area contributed by atoms with Crippen LogP contribution in [0.2, 0.25) is 0 Å². The number of anilines is 1. The summed E-state index contributed by atoms with van der Waals surface area (Å²) in [6.45, 7) is 2.57. The van der Waals surface area contributed by atoms with Crippen molar-refractivity contribution in [1.29, 1.82) is 0 Å². The molecule has 32 heavy (non-hydrogen) atoms. The zero-order chi connectivity index (χ0) is 23.5. The van der Waals surface area contributed by atoms with Crippen molar-refractivity contribution >= 4 is 21.6 Å². The molecule has 0 saturated carbocycles. The summed E-state index contributed by atoms with van der Waals surface area (Å²) in [4.78, 5) is 14.3. The van der Waals surface area contributed by atoms with Gasteiger partial charge in [0.25, 0.3) is 0 Å². The molecule has 1 aliphatic rings. The maximum absolute atomic E-state index is 13.5. The number of ether oxygens (including phenoxy) is 2. The highest BCUT2D eigenvalue weighted by molar-refractivity contribution is 7.89. The molecule has 1 saturated heterocycles. The van der Waals surface area contributed by atoms with Crippen LogP contribution >= 0.6 is 0 Å². The SMILES string of the molecule is COc1cc(NC(=O)C(C)N2CCN(S(=O)(=O)c3ccc(F)c(F)c3)CC2)cc(OC)c1. The third-order valence-electron chi connectivity index (χ3n) is 5.35. The molecule has 0 aromatic heterocycles. The molecule has 1 aliphatic heterocycles. The van der Waals surface area contributed by atoms with Gasteiger partial charge in [-0.2, -0.15) is 4.31 Å². The first-order valence-corrected chi connectivity index (χ1v) is 11.3. The van der Waals surface area contributed by atoms with Crippen LogP contribution in [0.15, 0.2) is 41.3 Å². The van der Waals surface area contributed by atoms with Gasteiger partial charge in [-0.1, -0.05) is 0 Å². The lowest BCUT2D eigenvalue weighted by molar-refractivity contribution is -0.121. The first-order valence-electron chi connectivity index (χ1n) is 9.89. The molecular weight excluding hydrogens is 444 g/mol. The lowest BCUT2D eigenvalue weighted by Gasteiger charge is -2.36. The van der Waals surface area contributed by atoms with Crippen molar-refractivity contribution in [2.45, 2.75) is 17.9 Å². The molecule has 0 spiro atoms. The van der Waals surface area contributed by atoms with Crippen molar-refractivity contribution < 1.29 is 31.5 Å². The van der Waals surface area contributed by atoms with E-state index >= 15 is 0 Å². The number of benzene rings is 2. The second-order valence-corrected chi connectivity index (χ2v) is 9.22. The average Bonchev–Trinajstić information content (AvgIpc) is 2.79. The Hall–Kier alpha value is -2.76. The standard InChI is InChI=1S/C21H25F2N3O5S/c1-14(21(27)24-15-10-16(30-2)12-17(11-15)31-3)25-6-8-26(9-7-25)32(28,29)18-4-5-19(22)20(23)13-18/h4-5,10-14H,6-9H2,1-3H3,(H,24,27). The van der Waals surface area contributed by atoms with E-state index in [0.717, 1.165) is 12.1 Å². The van der Waals surface area contributed by atoms with Gasteiger partial charge in [0.2, 0.25) is 15.9 Å². The van der Waals surface area contributed by atoms with Gasteiger partial charge < -0.3 is 14.8 Å². The first kappa shape index (κ1) is 23.9. The Morgan fingerprint density at radius 3 is 2.09 bits per heavy atom. The molecule has 11 heteroatoms. The van der Waals surface area contributed by atoms with E-state index in [9.17, 15) is 22.0 Å². The molecule has 2 aromatic carbocycles. The number of nitrogens with one attached hydrogen (secondary N) is 1. The minimum Gasteiger partial charge on any atom is -0.497 e. The molecule has 1 amide bonds. The highest BCUT2D eigenvalue weighted by atomic mass is 32.2. The van der Waals surface area contributed by atoms with Gasteiger partial charge in [-0.3, -0.25) is 9.69 Å². The van der Waals surface area contributed by atoms with Crippen LogP contribution in [0.5, 0.6) is 11.5 Å². The van der Waals surface area contributed by atoms with Gasteiger partial charge in [-0.15, -0.1) is 0 Å². The monoisotopic (exact) mass is 469 g/mol. The second-order valence-electron chi connectivity index (χ2n) is 7.28. The first-order chi connectivity index (χ1) is 15.1. The number of amides is 1. The minimum atomic E-state index is -3.96. The molecule has 1 atom stereocenters. The van der Waals surface area contributed by atoms with E-state index in [-0.39, 0.29) is 23.9 Å². The molecule has 0 radical (unpaired) electrons. The molecule has 8 nitrogen and oxygen atoms in total. The topological polar surface area (TPSA) is 88.2 Å². The quantitative estimate of drug-likeness (QED) is 0.670. The van der Waals surface area contributed by atoms with Crippen LogP contribution in [0.4, 0.5) is 14.5 Å². The Labute approximate surface area is 185 Å². The van der Waals surface area contributed by atoms with E-state index in [1.54, 1.807) is 25.1 Å². The van der Waals surface area contributed by atoms with Crippen molar-refractivity contribution in [3.05, 3.63) is 48.0 Å². The van der Waals surface area contributed by atoms with Crippen molar-refractivity contribution in [1.82, 2.24) is 9.21 Å². The third-order valence-corrected chi connectivity index (χ3v) is 7.24. The Morgan fingerprint density at radius 1 is 0.969 bits per heavy atom. The molecule has 1 fully saturated rings. The van der Waals surface area contributed by atoms with Crippen LogP contribution in [0, 0.1) is 11.6 Å². The van der Waals surface area contributed by atoms with Crippen LogP contribution in [-0.2, 0) is 14.8 Å². The van der Waals surface area contributed by atoms with Gasteiger partial charge >= 0.3 is 0 Å². The predicted octanol–water partition coefficient (Wildman–Crippen LogP) is 2.32. The number of carbonyl (C=O) groups excluding carboxylic acids is 1. The molecule has 1 N–H and O–H groups in total. The molecule has 1 unspecified atom stereocenters. The summed E-state index contributed by atoms with van der Waals surface area (Å²) in [5.74, 6) is -1.53. The normalized spacial score (nSPS) is 16.4. The number of halogens is 2. The Bertz CT molecular complexity index is 1070. The molecule has 1 heterocycles. The van der Waals surface area contributed by atoms with E-state index in [1.165, 1.54) is 18.5 Å². The van der Waals surface area contributed by atoms with Gasteiger partial charge in [0.15, 0.2) is 11.6 Å². The summed E-state index contributed by atoms with van der Waals surface area (Å²) in [7, 11) is -0.941. The number of hydrogen-bond donors (Lipinski definition) is 1. The van der Waals surface area contributed by atoms with Crippen molar-refractivity contribution in [2.75, 3.05) is 45.7 Å². The van der Waals surface area contributed by atoms with Crippen molar-refractivity contribution in [3.63, 3.8) is 0 Å². The molecule has 3 rings (SSSR count). The number of rotatable bonds is 7. The number of methoxy groups -OCH3 is 2. The fraction of sp³-hybridized carbons (Fsp3) is 0.381. The van der Waals surface area contributed by atoms with E-state index in [0.29, 0.717) is 36.3 Å².